The molecule has 0 amide bonds. The summed E-state index contributed by atoms with van der Waals surface area (Å²) in [6.07, 6.45) is 0. The van der Waals surface area contributed by atoms with Crippen molar-refractivity contribution in [3.63, 3.8) is 0 Å². The zero-order valence-electron chi connectivity index (χ0n) is 16.0. The molecule has 0 radical (unpaired) electrons. The van der Waals surface area contributed by atoms with Gasteiger partial charge < -0.3 is 14.2 Å². The Labute approximate surface area is 170 Å². The molecule has 0 fully saturated rings. The molecular formula is C19H18FN5O3S. The van der Waals surface area contributed by atoms with E-state index >= 15 is 0 Å². The second-order valence-electron chi connectivity index (χ2n) is 5.99. The van der Waals surface area contributed by atoms with Crippen LogP contribution in [0, 0.1) is 5.82 Å². The van der Waals surface area contributed by atoms with Gasteiger partial charge in [0, 0.05) is 5.56 Å². The number of nitrogens with zero attached hydrogens (tertiary/aromatic N) is 4. The molecule has 0 spiro atoms. The van der Waals surface area contributed by atoms with Gasteiger partial charge in [0.25, 0.3) is 0 Å². The monoisotopic (exact) mass is 415 g/mol. The number of ether oxygens (including phenoxy) is 3. The predicted octanol–water partition coefficient (Wildman–Crippen LogP) is 3.49. The Bertz CT molecular complexity index is 1040. The number of amidine groups is 1. The summed E-state index contributed by atoms with van der Waals surface area (Å²) in [5.41, 5.74) is 4.61. The first-order valence-corrected chi connectivity index (χ1v) is 9.60. The van der Waals surface area contributed by atoms with Crippen LogP contribution in [0.2, 0.25) is 0 Å². The molecule has 1 N–H and O–H groups in total. The number of aromatic nitrogens is 3. The average Bonchev–Trinajstić information content (AvgIpc) is 3.17. The summed E-state index contributed by atoms with van der Waals surface area (Å²) in [6, 6.07) is 9.60. The van der Waals surface area contributed by atoms with E-state index in [1.165, 1.54) is 23.9 Å². The Kier molecular flexibility index (Phi) is 5.26. The summed E-state index contributed by atoms with van der Waals surface area (Å²) in [5, 5.41) is 9.24. The fraction of sp³-hybridized carbons (Fsp3) is 0.211. The molecule has 2 aromatic carbocycles. The smallest absolute Gasteiger partial charge is 0.211 e. The van der Waals surface area contributed by atoms with Crippen molar-refractivity contribution >= 4 is 23.3 Å². The molecule has 29 heavy (non-hydrogen) atoms. The molecule has 150 valence electrons. The molecule has 0 saturated carbocycles. The van der Waals surface area contributed by atoms with Crippen LogP contribution in [0.5, 0.6) is 17.2 Å². The third-order valence-corrected chi connectivity index (χ3v) is 5.17. The molecule has 0 unspecified atom stereocenters. The van der Waals surface area contributed by atoms with Crippen LogP contribution < -0.4 is 19.6 Å². The molecule has 0 saturated heterocycles. The summed E-state index contributed by atoms with van der Waals surface area (Å²) in [7, 11) is 4.67. The number of halogens is 1. The van der Waals surface area contributed by atoms with E-state index in [1.54, 1.807) is 50.3 Å². The van der Waals surface area contributed by atoms with E-state index in [0.717, 1.165) is 5.56 Å². The van der Waals surface area contributed by atoms with Gasteiger partial charge in [-0.2, -0.15) is 0 Å². The number of fused-ring (bicyclic) bond motifs is 1. The Morgan fingerprint density at radius 2 is 1.72 bits per heavy atom. The molecule has 4 rings (SSSR count). The van der Waals surface area contributed by atoms with E-state index in [9.17, 15) is 4.39 Å². The summed E-state index contributed by atoms with van der Waals surface area (Å²) in [6.45, 7) is 0. The van der Waals surface area contributed by atoms with Gasteiger partial charge in [0.05, 0.1) is 32.8 Å². The van der Waals surface area contributed by atoms with Crippen LogP contribution in [0.1, 0.15) is 0 Å². The Morgan fingerprint density at radius 1 is 1.03 bits per heavy atom. The van der Waals surface area contributed by atoms with E-state index < -0.39 is 0 Å². The number of methoxy groups -OCH3 is 3. The van der Waals surface area contributed by atoms with E-state index in [1.807, 2.05) is 0 Å². The number of nitrogens with one attached hydrogen (secondary N) is 1. The molecule has 1 aliphatic heterocycles. The van der Waals surface area contributed by atoms with Crippen LogP contribution in [0.15, 0.2) is 46.5 Å². The van der Waals surface area contributed by atoms with E-state index in [4.69, 9.17) is 14.2 Å². The van der Waals surface area contributed by atoms with Crippen molar-refractivity contribution in [3.8, 4) is 28.6 Å². The zero-order valence-corrected chi connectivity index (χ0v) is 16.8. The van der Waals surface area contributed by atoms with Crippen molar-refractivity contribution in [3.05, 3.63) is 42.2 Å². The van der Waals surface area contributed by atoms with E-state index in [-0.39, 0.29) is 5.82 Å². The number of benzene rings is 2. The quantitative estimate of drug-likeness (QED) is 0.683. The first-order chi connectivity index (χ1) is 14.1. The minimum atomic E-state index is -0.300. The van der Waals surface area contributed by atoms with Crippen molar-refractivity contribution in [2.24, 2.45) is 4.99 Å². The maximum Gasteiger partial charge on any atom is 0.211 e. The first kappa shape index (κ1) is 19.1. The van der Waals surface area contributed by atoms with Crippen LogP contribution in [0.4, 0.5) is 10.1 Å². The summed E-state index contributed by atoms with van der Waals surface area (Å²) in [4.78, 5) is 4.54. The highest BCUT2D eigenvalue weighted by Gasteiger charge is 2.23. The summed E-state index contributed by atoms with van der Waals surface area (Å²) >= 11 is 1.50. The predicted molar refractivity (Wildman–Crippen MR) is 109 cm³/mol. The van der Waals surface area contributed by atoms with Crippen LogP contribution >= 0.6 is 11.8 Å². The van der Waals surface area contributed by atoms with Gasteiger partial charge in [0.15, 0.2) is 17.3 Å². The third kappa shape index (κ3) is 3.70. The molecular weight excluding hydrogens is 397 g/mol. The van der Waals surface area contributed by atoms with Crippen molar-refractivity contribution in [2.45, 2.75) is 5.16 Å². The van der Waals surface area contributed by atoms with Crippen molar-refractivity contribution in [1.29, 1.82) is 0 Å². The lowest BCUT2D eigenvalue weighted by Crippen LogP contribution is -2.30. The Balaban J connectivity index is 1.71. The summed E-state index contributed by atoms with van der Waals surface area (Å²) in [5.74, 6) is 3.08. The van der Waals surface area contributed by atoms with Gasteiger partial charge >= 0.3 is 0 Å². The number of rotatable bonds is 5. The van der Waals surface area contributed by atoms with Gasteiger partial charge in [0.1, 0.15) is 11.7 Å². The Hall–Kier alpha value is -3.27. The summed E-state index contributed by atoms with van der Waals surface area (Å²) < 4.78 is 31.1. The molecule has 0 bridgehead atoms. The van der Waals surface area contributed by atoms with Crippen LogP contribution in [-0.4, -0.2) is 47.8 Å². The molecule has 10 heteroatoms. The molecule has 0 atom stereocenters. The average molecular weight is 415 g/mol. The number of hydrogen-bond acceptors (Lipinski definition) is 7. The fourth-order valence-electron chi connectivity index (χ4n) is 2.88. The molecule has 1 aromatic heterocycles. The lowest BCUT2D eigenvalue weighted by atomic mass is 10.1. The van der Waals surface area contributed by atoms with E-state index in [0.29, 0.717) is 45.5 Å². The Morgan fingerprint density at radius 3 is 2.34 bits per heavy atom. The number of thioether (sulfide) groups is 1. The number of aliphatic imine (C=N–C) groups is 1. The zero-order chi connectivity index (χ0) is 20.4. The number of hydrogen-bond donors (Lipinski definition) is 1. The van der Waals surface area contributed by atoms with Gasteiger partial charge in [-0.25, -0.2) is 14.1 Å². The minimum Gasteiger partial charge on any atom is -0.493 e. The van der Waals surface area contributed by atoms with Gasteiger partial charge in [-0.1, -0.05) is 11.8 Å². The SMILES string of the molecule is COc1cc(-c2nnc3n2NC(=Nc2ccc(F)cc2)CS3)cc(OC)c1OC. The van der Waals surface area contributed by atoms with Crippen molar-refractivity contribution in [1.82, 2.24) is 14.9 Å². The highest BCUT2D eigenvalue weighted by Crippen LogP contribution is 2.41. The van der Waals surface area contributed by atoms with Crippen LogP contribution in [-0.2, 0) is 0 Å². The van der Waals surface area contributed by atoms with Gasteiger partial charge in [-0.3, -0.25) is 5.43 Å². The maximum absolute atomic E-state index is 13.1. The van der Waals surface area contributed by atoms with Crippen molar-refractivity contribution < 1.29 is 18.6 Å². The first-order valence-electron chi connectivity index (χ1n) is 8.61. The highest BCUT2D eigenvalue weighted by molar-refractivity contribution is 7.99. The fourth-order valence-corrected chi connectivity index (χ4v) is 3.64. The van der Waals surface area contributed by atoms with Gasteiger partial charge in [-0.05, 0) is 36.4 Å². The standard InChI is InChI=1S/C19H18FN5O3S/c1-26-14-8-11(9-15(27-2)17(14)28-3)18-22-23-19-25(18)24-16(10-29-19)21-13-6-4-12(20)5-7-13/h4-9H,10H2,1-3H3,(H,21,24). The van der Waals surface area contributed by atoms with Crippen LogP contribution in [0.3, 0.4) is 0 Å². The van der Waals surface area contributed by atoms with Gasteiger partial charge in [-0.15, -0.1) is 10.2 Å². The molecule has 3 aromatic rings. The topological polar surface area (TPSA) is 82.8 Å². The van der Waals surface area contributed by atoms with Crippen LogP contribution in [0.25, 0.3) is 11.4 Å². The van der Waals surface area contributed by atoms with Crippen molar-refractivity contribution in [2.75, 3.05) is 32.5 Å². The lowest BCUT2D eigenvalue weighted by molar-refractivity contribution is 0.324. The maximum atomic E-state index is 13.1. The minimum absolute atomic E-state index is 0.300. The largest absolute Gasteiger partial charge is 0.493 e. The molecule has 8 nitrogen and oxygen atoms in total. The molecule has 2 heterocycles. The third-order valence-electron chi connectivity index (χ3n) is 4.23. The van der Waals surface area contributed by atoms with Gasteiger partial charge in [0.2, 0.25) is 10.9 Å². The molecule has 0 aliphatic carbocycles. The highest BCUT2D eigenvalue weighted by atomic mass is 32.2. The second-order valence-corrected chi connectivity index (χ2v) is 6.93. The molecule has 1 aliphatic rings. The normalized spacial score (nSPS) is 14.3. The second kappa shape index (κ2) is 8.00. The van der Waals surface area contributed by atoms with E-state index in [2.05, 4.69) is 20.6 Å². The lowest BCUT2D eigenvalue weighted by Gasteiger charge is -2.19.